The van der Waals surface area contributed by atoms with Crippen LogP contribution in [0.25, 0.3) is 0 Å². The van der Waals surface area contributed by atoms with Gasteiger partial charge in [0, 0.05) is 11.9 Å². The zero-order valence-electron chi connectivity index (χ0n) is 8.61. The highest BCUT2D eigenvalue weighted by atomic mass is 32.2. The summed E-state index contributed by atoms with van der Waals surface area (Å²) in [5.41, 5.74) is 6.93. The van der Waals surface area contributed by atoms with Crippen LogP contribution in [0, 0.1) is 0 Å². The molecule has 78 valence electrons. The predicted octanol–water partition coefficient (Wildman–Crippen LogP) is 1.55. The first-order valence-corrected chi connectivity index (χ1v) is 6.20. The van der Waals surface area contributed by atoms with E-state index in [1.165, 1.54) is 6.26 Å². The number of nitrogens with two attached hydrogens (primary N) is 1. The van der Waals surface area contributed by atoms with Gasteiger partial charge in [-0.25, -0.2) is 8.42 Å². The SMILES string of the molecule is CC(C)(c1ccc(N)cc1)S(C)(=O)=O. The normalized spacial score (nSPS) is 12.8. The van der Waals surface area contributed by atoms with Gasteiger partial charge in [0.05, 0.1) is 4.75 Å². The molecule has 0 aromatic heterocycles. The molecule has 0 saturated heterocycles. The van der Waals surface area contributed by atoms with Gasteiger partial charge in [-0.05, 0) is 31.5 Å². The maximum atomic E-state index is 11.5. The molecule has 0 amide bonds. The third-order valence-corrected chi connectivity index (χ3v) is 4.62. The van der Waals surface area contributed by atoms with Crippen LogP contribution in [0.4, 0.5) is 5.69 Å². The highest BCUT2D eigenvalue weighted by Gasteiger charge is 2.31. The summed E-state index contributed by atoms with van der Waals surface area (Å²) < 4.78 is 22.2. The fourth-order valence-electron chi connectivity index (χ4n) is 1.10. The van der Waals surface area contributed by atoms with E-state index in [0.717, 1.165) is 5.56 Å². The molecular formula is C10H15NO2S. The first-order valence-electron chi connectivity index (χ1n) is 4.31. The Labute approximate surface area is 84.9 Å². The molecule has 0 aliphatic heterocycles. The molecule has 1 aromatic carbocycles. The molecule has 3 nitrogen and oxygen atoms in total. The summed E-state index contributed by atoms with van der Waals surface area (Å²) in [4.78, 5) is 0. The molecule has 0 aliphatic carbocycles. The second-order valence-electron chi connectivity index (χ2n) is 3.90. The minimum Gasteiger partial charge on any atom is -0.399 e. The Morgan fingerprint density at radius 2 is 1.57 bits per heavy atom. The summed E-state index contributed by atoms with van der Waals surface area (Å²) in [6, 6.07) is 6.91. The molecule has 0 radical (unpaired) electrons. The van der Waals surface area contributed by atoms with Crippen molar-refractivity contribution in [3.63, 3.8) is 0 Å². The summed E-state index contributed by atoms with van der Waals surface area (Å²) in [6.07, 6.45) is 1.24. The van der Waals surface area contributed by atoms with Gasteiger partial charge in [0.2, 0.25) is 0 Å². The fourth-order valence-corrected chi connectivity index (χ4v) is 1.66. The van der Waals surface area contributed by atoms with Crippen LogP contribution in [0.1, 0.15) is 19.4 Å². The van der Waals surface area contributed by atoms with Crippen LogP contribution in [0.15, 0.2) is 24.3 Å². The van der Waals surface area contributed by atoms with Crippen molar-refractivity contribution < 1.29 is 8.42 Å². The van der Waals surface area contributed by atoms with Gasteiger partial charge in [-0.1, -0.05) is 12.1 Å². The summed E-state index contributed by atoms with van der Waals surface area (Å²) in [5, 5.41) is 0. The van der Waals surface area contributed by atoms with Crippen molar-refractivity contribution in [2.24, 2.45) is 0 Å². The maximum Gasteiger partial charge on any atom is 0.156 e. The lowest BCUT2D eigenvalue weighted by Crippen LogP contribution is -2.27. The minimum absolute atomic E-state index is 0.637. The number of benzene rings is 1. The Balaban J connectivity index is 3.24. The van der Waals surface area contributed by atoms with Crippen molar-refractivity contribution >= 4 is 15.5 Å². The maximum absolute atomic E-state index is 11.5. The fraction of sp³-hybridized carbons (Fsp3) is 0.400. The van der Waals surface area contributed by atoms with Crippen LogP contribution >= 0.6 is 0 Å². The van der Waals surface area contributed by atoms with E-state index in [4.69, 9.17) is 5.73 Å². The van der Waals surface area contributed by atoms with Crippen molar-refractivity contribution in [1.82, 2.24) is 0 Å². The lowest BCUT2D eigenvalue weighted by molar-refractivity contribution is 0.561. The largest absolute Gasteiger partial charge is 0.399 e. The molecule has 1 aromatic rings. The zero-order valence-corrected chi connectivity index (χ0v) is 9.43. The van der Waals surface area contributed by atoms with E-state index < -0.39 is 14.6 Å². The topological polar surface area (TPSA) is 60.2 Å². The van der Waals surface area contributed by atoms with Crippen molar-refractivity contribution in [2.75, 3.05) is 12.0 Å². The summed E-state index contributed by atoms with van der Waals surface area (Å²) in [5.74, 6) is 0. The van der Waals surface area contributed by atoms with Gasteiger partial charge in [0.25, 0.3) is 0 Å². The number of hydrogen-bond acceptors (Lipinski definition) is 3. The highest BCUT2D eigenvalue weighted by Crippen LogP contribution is 2.29. The average molecular weight is 213 g/mol. The van der Waals surface area contributed by atoms with E-state index in [1.807, 2.05) is 0 Å². The van der Waals surface area contributed by atoms with Crippen molar-refractivity contribution in [3.05, 3.63) is 29.8 Å². The molecule has 0 saturated carbocycles. The predicted molar refractivity (Wildman–Crippen MR) is 58.7 cm³/mol. The first-order chi connectivity index (χ1) is 6.25. The number of rotatable bonds is 2. The second-order valence-corrected chi connectivity index (χ2v) is 6.47. The Hall–Kier alpha value is -1.03. The van der Waals surface area contributed by atoms with Gasteiger partial charge < -0.3 is 5.73 Å². The molecule has 0 unspecified atom stereocenters. The molecule has 4 heteroatoms. The lowest BCUT2D eigenvalue weighted by Gasteiger charge is -2.22. The van der Waals surface area contributed by atoms with Gasteiger partial charge in [-0.15, -0.1) is 0 Å². The molecule has 0 aliphatic rings. The van der Waals surface area contributed by atoms with Gasteiger partial charge in [-0.2, -0.15) is 0 Å². The average Bonchev–Trinajstić information content (AvgIpc) is 2.03. The molecule has 2 N–H and O–H groups in total. The smallest absolute Gasteiger partial charge is 0.156 e. The second kappa shape index (κ2) is 3.28. The third-order valence-electron chi connectivity index (χ3n) is 2.53. The van der Waals surface area contributed by atoms with E-state index >= 15 is 0 Å². The zero-order chi connectivity index (χ0) is 11.0. The van der Waals surface area contributed by atoms with Gasteiger partial charge in [0.1, 0.15) is 0 Å². The summed E-state index contributed by atoms with van der Waals surface area (Å²) in [7, 11) is -3.11. The quantitative estimate of drug-likeness (QED) is 0.758. The number of anilines is 1. The number of nitrogen functional groups attached to an aromatic ring is 1. The van der Waals surface area contributed by atoms with Crippen LogP contribution in [0.5, 0.6) is 0 Å². The summed E-state index contributed by atoms with van der Waals surface area (Å²) >= 11 is 0. The molecule has 0 atom stereocenters. The number of hydrogen-bond donors (Lipinski definition) is 1. The first kappa shape index (κ1) is 11.0. The van der Waals surface area contributed by atoms with E-state index in [2.05, 4.69) is 0 Å². The van der Waals surface area contributed by atoms with E-state index in [1.54, 1.807) is 38.1 Å². The van der Waals surface area contributed by atoms with E-state index in [-0.39, 0.29) is 0 Å². The minimum atomic E-state index is -3.11. The molecule has 1 rings (SSSR count). The van der Waals surface area contributed by atoms with Gasteiger partial charge in [0.15, 0.2) is 9.84 Å². The van der Waals surface area contributed by atoms with Crippen LogP contribution in [0.3, 0.4) is 0 Å². The molecule has 0 fully saturated rings. The standard InChI is InChI=1S/C10H15NO2S/c1-10(2,14(3,12)13)8-4-6-9(11)7-5-8/h4-7H,11H2,1-3H3. The monoisotopic (exact) mass is 213 g/mol. The highest BCUT2D eigenvalue weighted by molar-refractivity contribution is 7.91. The molecule has 0 spiro atoms. The molecular weight excluding hydrogens is 198 g/mol. The Kier molecular flexibility index (Phi) is 2.58. The Bertz CT molecular complexity index is 418. The van der Waals surface area contributed by atoms with Crippen molar-refractivity contribution in [3.8, 4) is 0 Å². The van der Waals surface area contributed by atoms with Gasteiger partial charge in [-0.3, -0.25) is 0 Å². The molecule has 0 bridgehead atoms. The van der Waals surface area contributed by atoms with E-state index in [9.17, 15) is 8.42 Å². The van der Waals surface area contributed by atoms with Crippen LogP contribution in [-0.4, -0.2) is 14.7 Å². The van der Waals surface area contributed by atoms with Crippen molar-refractivity contribution in [1.29, 1.82) is 0 Å². The summed E-state index contributed by atoms with van der Waals surface area (Å²) in [6.45, 7) is 3.38. The number of sulfone groups is 1. The molecule has 14 heavy (non-hydrogen) atoms. The molecule has 0 heterocycles. The van der Waals surface area contributed by atoms with Gasteiger partial charge >= 0.3 is 0 Å². The van der Waals surface area contributed by atoms with Crippen LogP contribution in [0.2, 0.25) is 0 Å². The van der Waals surface area contributed by atoms with Crippen LogP contribution < -0.4 is 5.73 Å². The van der Waals surface area contributed by atoms with Crippen molar-refractivity contribution in [2.45, 2.75) is 18.6 Å². The Morgan fingerprint density at radius 3 is 1.93 bits per heavy atom. The van der Waals surface area contributed by atoms with Crippen LogP contribution in [-0.2, 0) is 14.6 Å². The van der Waals surface area contributed by atoms with E-state index in [0.29, 0.717) is 5.69 Å². The lowest BCUT2D eigenvalue weighted by atomic mass is 10.0. The Morgan fingerprint density at radius 1 is 1.14 bits per heavy atom. The third kappa shape index (κ3) is 1.90.